The molecule has 7 nitrogen and oxygen atoms in total. The number of hydrogen-bond acceptors (Lipinski definition) is 6. The van der Waals surface area contributed by atoms with Gasteiger partial charge in [0.2, 0.25) is 0 Å². The Hall–Kier alpha value is -3.52. The lowest BCUT2D eigenvalue weighted by atomic mass is 10.1. The SMILES string of the molecule is COc1cccc(F)c1-c1cc2c(cn1)cnn2-c1ccnc(N2CCN(C)CC2)c1. The summed E-state index contributed by atoms with van der Waals surface area (Å²) in [6, 6.07) is 10.6. The summed E-state index contributed by atoms with van der Waals surface area (Å²) in [7, 11) is 3.66. The van der Waals surface area contributed by atoms with Crippen LogP contribution in [0.25, 0.3) is 27.8 Å². The fraction of sp³-hybridized carbons (Fsp3) is 0.261. The third-order valence-electron chi connectivity index (χ3n) is 5.70. The summed E-state index contributed by atoms with van der Waals surface area (Å²) >= 11 is 0. The minimum absolute atomic E-state index is 0.340. The number of likely N-dealkylation sites (N-methyl/N-ethyl adjacent to an activating group) is 1. The number of methoxy groups -OCH3 is 1. The summed E-state index contributed by atoms with van der Waals surface area (Å²) in [6.07, 6.45) is 5.28. The highest BCUT2D eigenvalue weighted by molar-refractivity contribution is 5.84. The molecule has 1 saturated heterocycles. The van der Waals surface area contributed by atoms with Gasteiger partial charge in [0.25, 0.3) is 0 Å². The molecule has 4 heterocycles. The van der Waals surface area contributed by atoms with Crippen LogP contribution in [0.5, 0.6) is 5.75 Å². The second-order valence-electron chi connectivity index (χ2n) is 7.66. The molecule has 0 unspecified atom stereocenters. The molecule has 0 bridgehead atoms. The summed E-state index contributed by atoms with van der Waals surface area (Å²) in [4.78, 5) is 13.6. The topological polar surface area (TPSA) is 59.3 Å². The number of anilines is 1. The lowest BCUT2D eigenvalue weighted by Crippen LogP contribution is -2.44. The molecule has 158 valence electrons. The maximum Gasteiger partial charge on any atom is 0.136 e. The van der Waals surface area contributed by atoms with Gasteiger partial charge < -0.3 is 14.5 Å². The van der Waals surface area contributed by atoms with Crippen LogP contribution in [0.1, 0.15) is 0 Å². The van der Waals surface area contributed by atoms with Gasteiger partial charge in [0.05, 0.1) is 35.8 Å². The molecule has 0 radical (unpaired) electrons. The number of pyridine rings is 2. The quantitative estimate of drug-likeness (QED) is 0.506. The number of rotatable bonds is 4. The third-order valence-corrected chi connectivity index (χ3v) is 5.70. The van der Waals surface area contributed by atoms with Gasteiger partial charge in [-0.2, -0.15) is 5.10 Å². The Morgan fingerprint density at radius 3 is 2.65 bits per heavy atom. The third kappa shape index (κ3) is 3.59. The highest BCUT2D eigenvalue weighted by Gasteiger charge is 2.18. The van der Waals surface area contributed by atoms with Crippen LogP contribution in [-0.2, 0) is 0 Å². The molecule has 0 spiro atoms. The molecule has 0 aliphatic carbocycles. The molecule has 0 atom stereocenters. The van der Waals surface area contributed by atoms with Crippen molar-refractivity contribution in [2.75, 3.05) is 45.2 Å². The minimum Gasteiger partial charge on any atom is -0.496 e. The smallest absolute Gasteiger partial charge is 0.136 e. The van der Waals surface area contributed by atoms with Crippen LogP contribution in [0.4, 0.5) is 10.2 Å². The average Bonchev–Trinajstić information content (AvgIpc) is 3.22. The van der Waals surface area contributed by atoms with Gasteiger partial charge in [-0.05, 0) is 31.3 Å². The Bertz CT molecular complexity index is 1230. The highest BCUT2D eigenvalue weighted by Crippen LogP contribution is 2.33. The molecule has 1 fully saturated rings. The van der Waals surface area contributed by atoms with E-state index < -0.39 is 0 Å². The summed E-state index contributed by atoms with van der Waals surface area (Å²) < 4.78 is 21.8. The van der Waals surface area contributed by atoms with E-state index in [4.69, 9.17) is 4.74 Å². The van der Waals surface area contributed by atoms with Crippen molar-refractivity contribution in [3.05, 3.63) is 60.8 Å². The second kappa shape index (κ2) is 7.96. The summed E-state index contributed by atoms with van der Waals surface area (Å²) in [6.45, 7) is 3.90. The van der Waals surface area contributed by atoms with Gasteiger partial charge >= 0.3 is 0 Å². The van der Waals surface area contributed by atoms with Crippen LogP contribution in [0.2, 0.25) is 0 Å². The van der Waals surface area contributed by atoms with Crippen LogP contribution < -0.4 is 9.64 Å². The average molecular weight is 418 g/mol. The zero-order valence-electron chi connectivity index (χ0n) is 17.5. The fourth-order valence-electron chi connectivity index (χ4n) is 3.93. The summed E-state index contributed by atoms with van der Waals surface area (Å²) in [5.41, 5.74) is 2.58. The van der Waals surface area contributed by atoms with Crippen molar-refractivity contribution in [1.29, 1.82) is 0 Å². The van der Waals surface area contributed by atoms with Crippen molar-refractivity contribution in [1.82, 2.24) is 24.6 Å². The van der Waals surface area contributed by atoms with Gasteiger partial charge in [0.1, 0.15) is 17.4 Å². The van der Waals surface area contributed by atoms with E-state index in [-0.39, 0.29) is 5.82 Å². The van der Waals surface area contributed by atoms with Crippen LogP contribution in [-0.4, -0.2) is 65.0 Å². The van der Waals surface area contributed by atoms with E-state index in [1.54, 1.807) is 30.7 Å². The van der Waals surface area contributed by atoms with E-state index in [2.05, 4.69) is 31.9 Å². The highest BCUT2D eigenvalue weighted by atomic mass is 19.1. The fourth-order valence-corrected chi connectivity index (χ4v) is 3.93. The Morgan fingerprint density at radius 1 is 1.00 bits per heavy atom. The maximum atomic E-state index is 14.6. The zero-order valence-corrected chi connectivity index (χ0v) is 17.5. The van der Waals surface area contributed by atoms with E-state index in [0.29, 0.717) is 17.0 Å². The van der Waals surface area contributed by atoms with Crippen molar-refractivity contribution in [3.8, 4) is 22.7 Å². The number of aromatic nitrogens is 4. The summed E-state index contributed by atoms with van der Waals surface area (Å²) in [5, 5.41) is 5.43. The summed E-state index contributed by atoms with van der Waals surface area (Å²) in [5.74, 6) is 0.997. The van der Waals surface area contributed by atoms with Gasteiger partial charge in [-0.15, -0.1) is 0 Å². The van der Waals surface area contributed by atoms with Gasteiger partial charge in [-0.25, -0.2) is 14.1 Å². The van der Waals surface area contributed by atoms with Crippen molar-refractivity contribution in [2.24, 2.45) is 0 Å². The standard InChI is InChI=1S/C23H23FN6O/c1-28-8-10-29(11-9-28)22-12-17(6-7-25-22)30-20-13-19(26-14-16(20)15-27-30)23-18(24)4-3-5-21(23)31-2/h3-7,12-15H,8-11H2,1-2H3. The number of piperazine rings is 1. The normalized spacial score (nSPS) is 14.9. The Balaban J connectivity index is 1.56. The predicted octanol–water partition coefficient (Wildman–Crippen LogP) is 3.38. The van der Waals surface area contributed by atoms with E-state index in [0.717, 1.165) is 48.6 Å². The first-order chi connectivity index (χ1) is 15.1. The second-order valence-corrected chi connectivity index (χ2v) is 7.66. The number of benzene rings is 1. The number of nitrogens with zero attached hydrogens (tertiary/aromatic N) is 6. The van der Waals surface area contributed by atoms with Gasteiger partial charge in [-0.1, -0.05) is 6.07 Å². The molecule has 3 aromatic heterocycles. The Kier molecular flexibility index (Phi) is 4.99. The van der Waals surface area contributed by atoms with E-state index in [1.165, 1.54) is 13.2 Å². The van der Waals surface area contributed by atoms with Crippen LogP contribution in [0, 0.1) is 5.82 Å². The molecule has 1 aromatic carbocycles. The zero-order chi connectivity index (χ0) is 21.4. The first-order valence-electron chi connectivity index (χ1n) is 10.2. The molecular formula is C23H23FN6O. The molecule has 0 saturated carbocycles. The number of fused-ring (bicyclic) bond motifs is 1. The molecule has 0 N–H and O–H groups in total. The minimum atomic E-state index is -0.376. The monoisotopic (exact) mass is 418 g/mol. The molecule has 1 aliphatic heterocycles. The lowest BCUT2D eigenvalue weighted by Gasteiger charge is -2.33. The number of hydrogen-bond donors (Lipinski definition) is 0. The molecular weight excluding hydrogens is 395 g/mol. The van der Waals surface area contributed by atoms with Crippen LogP contribution in [0.3, 0.4) is 0 Å². The molecule has 0 amide bonds. The van der Waals surface area contributed by atoms with Crippen LogP contribution in [0.15, 0.2) is 55.0 Å². The maximum absolute atomic E-state index is 14.6. The largest absolute Gasteiger partial charge is 0.496 e. The molecule has 4 aromatic rings. The van der Waals surface area contributed by atoms with E-state index in [9.17, 15) is 4.39 Å². The van der Waals surface area contributed by atoms with Crippen LogP contribution >= 0.6 is 0 Å². The van der Waals surface area contributed by atoms with Crippen molar-refractivity contribution < 1.29 is 9.13 Å². The van der Waals surface area contributed by atoms with Crippen molar-refractivity contribution >= 4 is 16.7 Å². The Labute approximate surface area is 179 Å². The van der Waals surface area contributed by atoms with Gasteiger partial charge in [0.15, 0.2) is 0 Å². The van der Waals surface area contributed by atoms with Gasteiger partial charge in [0, 0.05) is 50.0 Å². The Morgan fingerprint density at radius 2 is 1.84 bits per heavy atom. The molecule has 8 heteroatoms. The van der Waals surface area contributed by atoms with E-state index in [1.807, 2.05) is 22.9 Å². The van der Waals surface area contributed by atoms with E-state index >= 15 is 0 Å². The molecule has 31 heavy (non-hydrogen) atoms. The van der Waals surface area contributed by atoms with Gasteiger partial charge in [-0.3, -0.25) is 4.98 Å². The first-order valence-corrected chi connectivity index (χ1v) is 10.2. The molecule has 1 aliphatic rings. The molecule has 5 rings (SSSR count). The lowest BCUT2D eigenvalue weighted by molar-refractivity contribution is 0.312. The first kappa shape index (κ1) is 19.4. The predicted molar refractivity (Wildman–Crippen MR) is 118 cm³/mol. The van der Waals surface area contributed by atoms with Crippen molar-refractivity contribution in [2.45, 2.75) is 0 Å². The van der Waals surface area contributed by atoms with Crippen molar-refractivity contribution in [3.63, 3.8) is 0 Å². The number of halogens is 1. The number of ether oxygens (including phenoxy) is 1.